The van der Waals surface area contributed by atoms with Crippen LogP contribution in [0.25, 0.3) is 0 Å². The highest BCUT2D eigenvalue weighted by atomic mass is 16.6. The molecule has 0 saturated carbocycles. The molecule has 1 heterocycles. The highest BCUT2D eigenvalue weighted by Crippen LogP contribution is 2.31. The third kappa shape index (κ3) is 4.32. The minimum atomic E-state index is 0.00654. The Labute approximate surface area is 149 Å². The number of rotatable bonds is 5. The van der Waals surface area contributed by atoms with Gasteiger partial charge in [-0.05, 0) is 61.6 Å². The second-order valence-electron chi connectivity index (χ2n) is 6.61. The molecule has 0 bridgehead atoms. The van der Waals surface area contributed by atoms with Gasteiger partial charge in [0.25, 0.3) is 0 Å². The zero-order valence-electron chi connectivity index (χ0n) is 15.1. The van der Waals surface area contributed by atoms with E-state index in [1.54, 1.807) is 0 Å². The van der Waals surface area contributed by atoms with Crippen LogP contribution in [-0.2, 0) is 11.2 Å². The average molecular weight is 339 g/mol. The SMILES string of the molecule is Cc1ccc([C@H](C)NC(=O)CCc2ccc3c(c2)OCCO3)cc1C. The fourth-order valence-electron chi connectivity index (χ4n) is 2.93. The highest BCUT2D eigenvalue weighted by molar-refractivity contribution is 5.76. The van der Waals surface area contributed by atoms with Gasteiger partial charge in [0.2, 0.25) is 5.91 Å². The number of fused-ring (bicyclic) bond motifs is 1. The van der Waals surface area contributed by atoms with E-state index in [1.807, 2.05) is 25.1 Å². The van der Waals surface area contributed by atoms with Crippen molar-refractivity contribution in [3.63, 3.8) is 0 Å². The Morgan fingerprint density at radius 3 is 2.56 bits per heavy atom. The summed E-state index contributed by atoms with van der Waals surface area (Å²) in [7, 11) is 0. The monoisotopic (exact) mass is 339 g/mol. The third-order valence-corrected chi connectivity index (χ3v) is 4.66. The van der Waals surface area contributed by atoms with E-state index < -0.39 is 0 Å². The Morgan fingerprint density at radius 2 is 1.80 bits per heavy atom. The summed E-state index contributed by atoms with van der Waals surface area (Å²) in [5.74, 6) is 1.61. The predicted octanol–water partition coefficient (Wildman–Crippen LogP) is 3.88. The van der Waals surface area contributed by atoms with Gasteiger partial charge in [0.1, 0.15) is 13.2 Å². The molecular formula is C21H25NO3. The summed E-state index contributed by atoms with van der Waals surface area (Å²) in [5, 5.41) is 3.08. The topological polar surface area (TPSA) is 47.6 Å². The van der Waals surface area contributed by atoms with E-state index in [9.17, 15) is 4.79 Å². The van der Waals surface area contributed by atoms with Crippen LogP contribution in [0.2, 0.25) is 0 Å². The molecule has 1 amide bonds. The first-order valence-corrected chi connectivity index (χ1v) is 8.78. The van der Waals surface area contributed by atoms with Crippen LogP contribution in [-0.4, -0.2) is 19.1 Å². The van der Waals surface area contributed by atoms with Crippen molar-refractivity contribution in [2.75, 3.05) is 13.2 Å². The van der Waals surface area contributed by atoms with E-state index in [1.165, 1.54) is 11.1 Å². The van der Waals surface area contributed by atoms with Crippen LogP contribution in [0, 0.1) is 13.8 Å². The number of amides is 1. The second-order valence-corrected chi connectivity index (χ2v) is 6.61. The van der Waals surface area contributed by atoms with Crippen LogP contribution in [0.15, 0.2) is 36.4 Å². The molecular weight excluding hydrogens is 314 g/mol. The summed E-state index contributed by atoms with van der Waals surface area (Å²) < 4.78 is 11.1. The van der Waals surface area contributed by atoms with E-state index >= 15 is 0 Å². The lowest BCUT2D eigenvalue weighted by atomic mass is 10.0. The quantitative estimate of drug-likeness (QED) is 0.899. The molecule has 25 heavy (non-hydrogen) atoms. The maximum Gasteiger partial charge on any atom is 0.220 e. The molecule has 0 saturated heterocycles. The van der Waals surface area contributed by atoms with Crippen LogP contribution < -0.4 is 14.8 Å². The Bertz CT molecular complexity index is 770. The minimum Gasteiger partial charge on any atom is -0.486 e. The van der Waals surface area contributed by atoms with Crippen LogP contribution in [0.3, 0.4) is 0 Å². The molecule has 1 atom stereocenters. The zero-order chi connectivity index (χ0) is 17.8. The third-order valence-electron chi connectivity index (χ3n) is 4.66. The number of nitrogens with one attached hydrogen (secondary N) is 1. The number of benzene rings is 2. The fraction of sp³-hybridized carbons (Fsp3) is 0.381. The maximum atomic E-state index is 12.3. The lowest BCUT2D eigenvalue weighted by molar-refractivity contribution is -0.121. The van der Waals surface area contributed by atoms with Crippen molar-refractivity contribution in [2.45, 2.75) is 39.7 Å². The Morgan fingerprint density at radius 1 is 1.04 bits per heavy atom. The molecule has 3 rings (SSSR count). The van der Waals surface area contributed by atoms with E-state index in [-0.39, 0.29) is 11.9 Å². The van der Waals surface area contributed by atoms with Gasteiger partial charge in [-0.25, -0.2) is 0 Å². The highest BCUT2D eigenvalue weighted by Gasteiger charge is 2.13. The first-order chi connectivity index (χ1) is 12.0. The Balaban J connectivity index is 1.54. The lowest BCUT2D eigenvalue weighted by Crippen LogP contribution is -2.26. The molecule has 2 aromatic rings. The van der Waals surface area contributed by atoms with Gasteiger partial charge in [-0.2, -0.15) is 0 Å². The van der Waals surface area contributed by atoms with Crippen molar-refractivity contribution < 1.29 is 14.3 Å². The number of aryl methyl sites for hydroxylation is 3. The zero-order valence-corrected chi connectivity index (χ0v) is 15.1. The van der Waals surface area contributed by atoms with E-state index in [4.69, 9.17) is 9.47 Å². The summed E-state index contributed by atoms with van der Waals surface area (Å²) in [6.07, 6.45) is 1.14. The summed E-state index contributed by atoms with van der Waals surface area (Å²) >= 11 is 0. The van der Waals surface area contributed by atoms with Gasteiger partial charge in [0, 0.05) is 6.42 Å². The van der Waals surface area contributed by atoms with Crippen LogP contribution in [0.1, 0.15) is 41.6 Å². The number of hydrogen-bond donors (Lipinski definition) is 1. The molecule has 1 aliphatic rings. The van der Waals surface area contributed by atoms with Crippen LogP contribution >= 0.6 is 0 Å². The van der Waals surface area contributed by atoms with Gasteiger partial charge in [-0.1, -0.05) is 24.3 Å². The van der Waals surface area contributed by atoms with Crippen LogP contribution in [0.4, 0.5) is 0 Å². The molecule has 1 N–H and O–H groups in total. The molecule has 0 unspecified atom stereocenters. The van der Waals surface area contributed by atoms with Crippen molar-refractivity contribution in [1.82, 2.24) is 5.32 Å². The molecule has 2 aromatic carbocycles. The number of carbonyl (C=O) groups is 1. The van der Waals surface area contributed by atoms with Gasteiger partial charge >= 0.3 is 0 Å². The standard InChI is InChI=1S/C21H25NO3/c1-14-4-7-18(12-15(14)2)16(3)22-21(23)9-6-17-5-8-19-20(13-17)25-11-10-24-19/h4-5,7-8,12-13,16H,6,9-11H2,1-3H3,(H,22,23)/t16-/m0/s1. The average Bonchev–Trinajstić information content (AvgIpc) is 2.62. The first kappa shape index (κ1) is 17.3. The number of ether oxygens (including phenoxy) is 2. The Hall–Kier alpha value is -2.49. The van der Waals surface area contributed by atoms with Crippen molar-refractivity contribution in [1.29, 1.82) is 0 Å². The van der Waals surface area contributed by atoms with Crippen LogP contribution in [0.5, 0.6) is 11.5 Å². The van der Waals surface area contributed by atoms with Crippen molar-refractivity contribution in [3.8, 4) is 11.5 Å². The molecule has 0 radical (unpaired) electrons. The summed E-state index contributed by atoms with van der Waals surface area (Å²) in [6, 6.07) is 12.2. The maximum absolute atomic E-state index is 12.3. The summed E-state index contributed by atoms with van der Waals surface area (Å²) in [4.78, 5) is 12.3. The molecule has 4 heteroatoms. The molecule has 0 aliphatic carbocycles. The second kappa shape index (κ2) is 7.60. The van der Waals surface area contributed by atoms with Crippen molar-refractivity contribution in [3.05, 3.63) is 58.7 Å². The van der Waals surface area contributed by atoms with Gasteiger partial charge in [-0.15, -0.1) is 0 Å². The Kier molecular flexibility index (Phi) is 5.27. The molecule has 0 spiro atoms. The smallest absolute Gasteiger partial charge is 0.220 e. The molecule has 4 nitrogen and oxygen atoms in total. The number of carbonyl (C=O) groups excluding carboxylic acids is 1. The van der Waals surface area contributed by atoms with E-state index in [0.717, 1.165) is 22.6 Å². The van der Waals surface area contributed by atoms with E-state index in [2.05, 4.69) is 37.4 Å². The minimum absolute atomic E-state index is 0.00654. The number of hydrogen-bond acceptors (Lipinski definition) is 3. The fourth-order valence-corrected chi connectivity index (χ4v) is 2.93. The van der Waals surface area contributed by atoms with Gasteiger partial charge in [-0.3, -0.25) is 4.79 Å². The molecule has 0 fully saturated rings. The largest absolute Gasteiger partial charge is 0.486 e. The van der Waals surface area contributed by atoms with E-state index in [0.29, 0.717) is 26.1 Å². The lowest BCUT2D eigenvalue weighted by Gasteiger charge is -2.19. The molecule has 0 aromatic heterocycles. The molecule has 132 valence electrons. The summed E-state index contributed by atoms with van der Waals surface area (Å²) in [5.41, 5.74) is 4.73. The van der Waals surface area contributed by atoms with Crippen molar-refractivity contribution >= 4 is 5.91 Å². The van der Waals surface area contributed by atoms with Gasteiger partial charge < -0.3 is 14.8 Å². The normalized spacial score (nSPS) is 14.0. The summed E-state index contributed by atoms with van der Waals surface area (Å²) in [6.45, 7) is 7.37. The van der Waals surface area contributed by atoms with Gasteiger partial charge in [0.05, 0.1) is 6.04 Å². The van der Waals surface area contributed by atoms with Crippen molar-refractivity contribution in [2.24, 2.45) is 0 Å². The first-order valence-electron chi connectivity index (χ1n) is 8.78. The molecule has 1 aliphatic heterocycles. The van der Waals surface area contributed by atoms with Gasteiger partial charge in [0.15, 0.2) is 11.5 Å². The predicted molar refractivity (Wildman–Crippen MR) is 98.2 cm³/mol.